The lowest BCUT2D eigenvalue weighted by Crippen LogP contribution is -2.44. The Hall–Kier alpha value is -1.66. The number of nitrogens with two attached hydrogens (primary N) is 1. The molecule has 0 bridgehead atoms. The van der Waals surface area contributed by atoms with E-state index in [1.54, 1.807) is 6.07 Å². The average Bonchev–Trinajstić information content (AvgIpc) is 2.35. The highest BCUT2D eigenvalue weighted by Gasteiger charge is 2.15. The number of amides is 2. The molecular weight excluding hydrogens is 297 g/mol. The molecule has 5 nitrogen and oxygen atoms in total. The molecule has 4 N–H and O–H groups in total. The Bertz CT molecular complexity index is 483. The number of anilines is 1. The Kier molecular flexibility index (Phi) is 8.57. The normalized spacial score (nSPS) is 11.5. The van der Waals surface area contributed by atoms with Crippen LogP contribution in [0.4, 0.5) is 10.1 Å². The quantitative estimate of drug-likeness (QED) is 0.746. The van der Waals surface area contributed by atoms with Gasteiger partial charge in [0.15, 0.2) is 0 Å². The van der Waals surface area contributed by atoms with E-state index < -0.39 is 17.8 Å². The molecule has 1 aromatic carbocycles. The number of nitrogens with one attached hydrogen (secondary N) is 2. The predicted octanol–water partition coefficient (Wildman–Crippen LogP) is 1.68. The molecule has 7 heteroatoms. The van der Waals surface area contributed by atoms with Crippen LogP contribution in [-0.2, 0) is 9.59 Å². The van der Waals surface area contributed by atoms with Crippen LogP contribution >= 0.6 is 12.4 Å². The zero-order valence-corrected chi connectivity index (χ0v) is 12.9. The number of carbonyl (C=O) groups excluding carboxylic acids is 2. The minimum atomic E-state index is -0.628. The van der Waals surface area contributed by atoms with Crippen LogP contribution in [0.2, 0.25) is 0 Å². The first-order valence-electron chi connectivity index (χ1n) is 6.47. The summed E-state index contributed by atoms with van der Waals surface area (Å²) >= 11 is 0. The lowest BCUT2D eigenvalue weighted by Gasteiger charge is -2.14. The van der Waals surface area contributed by atoms with Crippen LogP contribution in [-0.4, -0.2) is 24.4 Å². The van der Waals surface area contributed by atoms with Gasteiger partial charge in [0.2, 0.25) is 11.8 Å². The van der Waals surface area contributed by atoms with E-state index in [9.17, 15) is 14.0 Å². The maximum Gasteiger partial charge on any atom is 0.243 e. The van der Waals surface area contributed by atoms with Gasteiger partial charge in [0.1, 0.15) is 5.82 Å². The molecule has 0 fully saturated rings. The van der Waals surface area contributed by atoms with E-state index in [1.807, 2.05) is 13.8 Å². The van der Waals surface area contributed by atoms with Crippen LogP contribution < -0.4 is 16.4 Å². The van der Waals surface area contributed by atoms with Gasteiger partial charge in [0.25, 0.3) is 0 Å². The molecule has 0 unspecified atom stereocenters. The summed E-state index contributed by atoms with van der Waals surface area (Å²) in [5.74, 6) is -0.934. The smallest absolute Gasteiger partial charge is 0.243 e. The Morgan fingerprint density at radius 2 is 2.00 bits per heavy atom. The van der Waals surface area contributed by atoms with Crippen molar-refractivity contribution in [3.05, 3.63) is 30.1 Å². The molecule has 118 valence electrons. The number of hydrogen-bond donors (Lipinski definition) is 3. The second kappa shape index (κ2) is 9.31. The molecule has 0 heterocycles. The van der Waals surface area contributed by atoms with Crippen LogP contribution in [0.15, 0.2) is 24.3 Å². The molecule has 1 atom stereocenters. The fourth-order valence-corrected chi connectivity index (χ4v) is 1.68. The molecule has 0 aliphatic rings. The Balaban J connectivity index is 0.00000400. The molecular formula is C14H21ClFN3O2. The molecule has 0 aliphatic carbocycles. The third kappa shape index (κ3) is 7.63. The summed E-state index contributed by atoms with van der Waals surface area (Å²) < 4.78 is 12.9. The van der Waals surface area contributed by atoms with Crippen molar-refractivity contribution in [2.75, 3.05) is 11.9 Å². The molecule has 0 aromatic heterocycles. The predicted molar refractivity (Wildman–Crippen MR) is 82.7 cm³/mol. The zero-order valence-electron chi connectivity index (χ0n) is 12.1. The SMILES string of the molecule is CC(C)C[C@H](N)C(=O)NCC(=O)Nc1cccc(F)c1.Cl. The summed E-state index contributed by atoms with van der Waals surface area (Å²) in [6.45, 7) is 3.73. The van der Waals surface area contributed by atoms with Crippen LogP contribution in [0, 0.1) is 11.7 Å². The molecule has 0 radical (unpaired) electrons. The molecule has 21 heavy (non-hydrogen) atoms. The van der Waals surface area contributed by atoms with Crippen molar-refractivity contribution in [3.8, 4) is 0 Å². The van der Waals surface area contributed by atoms with Gasteiger partial charge in [0.05, 0.1) is 12.6 Å². The monoisotopic (exact) mass is 317 g/mol. The van der Waals surface area contributed by atoms with Gasteiger partial charge in [-0.05, 0) is 30.5 Å². The van der Waals surface area contributed by atoms with Gasteiger partial charge < -0.3 is 16.4 Å². The molecule has 2 amide bonds. The molecule has 0 spiro atoms. The summed E-state index contributed by atoms with van der Waals surface area (Å²) in [5.41, 5.74) is 6.03. The Morgan fingerprint density at radius 1 is 1.33 bits per heavy atom. The van der Waals surface area contributed by atoms with Crippen molar-refractivity contribution >= 4 is 29.9 Å². The van der Waals surface area contributed by atoms with E-state index in [0.29, 0.717) is 18.0 Å². The fourth-order valence-electron chi connectivity index (χ4n) is 1.68. The number of rotatable bonds is 6. The topological polar surface area (TPSA) is 84.2 Å². The first kappa shape index (κ1) is 19.3. The molecule has 1 aromatic rings. The molecule has 0 aliphatic heterocycles. The Labute approximate surface area is 129 Å². The number of benzene rings is 1. The van der Waals surface area contributed by atoms with Gasteiger partial charge in [-0.15, -0.1) is 12.4 Å². The maximum atomic E-state index is 12.9. The van der Waals surface area contributed by atoms with E-state index in [2.05, 4.69) is 10.6 Å². The fraction of sp³-hybridized carbons (Fsp3) is 0.429. The van der Waals surface area contributed by atoms with E-state index in [0.717, 1.165) is 0 Å². The van der Waals surface area contributed by atoms with E-state index in [-0.39, 0.29) is 24.9 Å². The van der Waals surface area contributed by atoms with Gasteiger partial charge in [-0.25, -0.2) is 4.39 Å². The lowest BCUT2D eigenvalue weighted by atomic mass is 10.0. The zero-order chi connectivity index (χ0) is 15.1. The van der Waals surface area contributed by atoms with E-state index >= 15 is 0 Å². The van der Waals surface area contributed by atoms with Gasteiger partial charge >= 0.3 is 0 Å². The van der Waals surface area contributed by atoms with Crippen molar-refractivity contribution in [2.45, 2.75) is 26.3 Å². The van der Waals surface area contributed by atoms with Gasteiger partial charge in [-0.3, -0.25) is 9.59 Å². The van der Waals surface area contributed by atoms with Gasteiger partial charge in [0, 0.05) is 5.69 Å². The highest BCUT2D eigenvalue weighted by molar-refractivity contribution is 5.95. The number of halogens is 2. The third-order valence-corrected chi connectivity index (χ3v) is 2.59. The summed E-state index contributed by atoms with van der Waals surface area (Å²) in [6.07, 6.45) is 0.553. The number of hydrogen-bond acceptors (Lipinski definition) is 3. The highest BCUT2D eigenvalue weighted by atomic mass is 35.5. The molecule has 0 saturated heterocycles. The van der Waals surface area contributed by atoms with Crippen LogP contribution in [0.25, 0.3) is 0 Å². The second-order valence-electron chi connectivity index (χ2n) is 5.01. The first-order valence-corrected chi connectivity index (χ1v) is 6.47. The van der Waals surface area contributed by atoms with Crippen molar-refractivity contribution < 1.29 is 14.0 Å². The minimum Gasteiger partial charge on any atom is -0.346 e. The van der Waals surface area contributed by atoms with E-state index in [4.69, 9.17) is 5.73 Å². The van der Waals surface area contributed by atoms with Gasteiger partial charge in [-0.2, -0.15) is 0 Å². The van der Waals surface area contributed by atoms with Crippen molar-refractivity contribution in [3.63, 3.8) is 0 Å². The molecule has 0 saturated carbocycles. The van der Waals surface area contributed by atoms with Crippen molar-refractivity contribution in [2.24, 2.45) is 11.7 Å². The van der Waals surface area contributed by atoms with Crippen LogP contribution in [0.5, 0.6) is 0 Å². The van der Waals surface area contributed by atoms with Crippen molar-refractivity contribution in [1.29, 1.82) is 0 Å². The molecule has 1 rings (SSSR count). The highest BCUT2D eigenvalue weighted by Crippen LogP contribution is 2.08. The average molecular weight is 318 g/mol. The largest absolute Gasteiger partial charge is 0.346 e. The first-order chi connectivity index (χ1) is 9.38. The van der Waals surface area contributed by atoms with Crippen LogP contribution in [0.1, 0.15) is 20.3 Å². The van der Waals surface area contributed by atoms with Crippen molar-refractivity contribution in [1.82, 2.24) is 5.32 Å². The minimum absolute atomic E-state index is 0. The van der Waals surface area contributed by atoms with Gasteiger partial charge in [-0.1, -0.05) is 19.9 Å². The van der Waals surface area contributed by atoms with E-state index in [1.165, 1.54) is 18.2 Å². The van der Waals surface area contributed by atoms with Crippen LogP contribution in [0.3, 0.4) is 0 Å². The third-order valence-electron chi connectivity index (χ3n) is 2.59. The lowest BCUT2D eigenvalue weighted by molar-refractivity contribution is -0.125. The summed E-state index contributed by atoms with van der Waals surface area (Å²) in [7, 11) is 0. The summed E-state index contributed by atoms with van der Waals surface area (Å²) in [4.78, 5) is 23.2. The summed E-state index contributed by atoms with van der Waals surface area (Å²) in [6, 6.07) is 4.90. The standard InChI is InChI=1S/C14H20FN3O2.ClH/c1-9(2)6-12(16)14(20)17-8-13(19)18-11-5-3-4-10(15)7-11;/h3-5,7,9,12H,6,8,16H2,1-2H3,(H,17,20)(H,18,19);1H/t12-;/m0./s1. The Morgan fingerprint density at radius 3 is 2.57 bits per heavy atom. The maximum absolute atomic E-state index is 12.9. The second-order valence-corrected chi connectivity index (χ2v) is 5.01. The summed E-state index contributed by atoms with van der Waals surface area (Å²) in [5, 5.41) is 4.94. The number of carbonyl (C=O) groups is 2.